The lowest BCUT2D eigenvalue weighted by Gasteiger charge is -2.10. The summed E-state index contributed by atoms with van der Waals surface area (Å²) < 4.78 is 16.4. The zero-order chi connectivity index (χ0) is 31.4. The zero-order valence-electron chi connectivity index (χ0n) is 24.6. The summed E-state index contributed by atoms with van der Waals surface area (Å²) >= 11 is 6.67. The van der Waals surface area contributed by atoms with Gasteiger partial charge < -0.3 is 14.4 Å². The molecule has 8 heteroatoms. The van der Waals surface area contributed by atoms with Gasteiger partial charge in [-0.15, -0.1) is 12.8 Å². The van der Waals surface area contributed by atoms with Gasteiger partial charge in [0.05, 0.1) is 11.3 Å². The molecule has 0 saturated carbocycles. The van der Waals surface area contributed by atoms with Crippen LogP contribution < -0.4 is 4.72 Å². The summed E-state index contributed by atoms with van der Waals surface area (Å²) in [6, 6.07) is 23.2. The second-order valence-electron chi connectivity index (χ2n) is 9.72. The van der Waals surface area contributed by atoms with Crippen molar-refractivity contribution in [3.05, 3.63) is 124 Å². The number of imidazole rings is 1. The molecule has 4 aromatic rings. The number of allylic oxidation sites excluding steroid dienone is 4. The molecule has 0 aliphatic carbocycles. The molecule has 4 rings (SSSR count). The van der Waals surface area contributed by atoms with Gasteiger partial charge in [-0.05, 0) is 59.9 Å². The van der Waals surface area contributed by atoms with E-state index in [1.807, 2.05) is 61.7 Å². The molecule has 0 aliphatic heterocycles. The maximum Gasteiger partial charge on any atom is 0.335 e. The van der Waals surface area contributed by atoms with E-state index in [0.717, 1.165) is 57.9 Å². The van der Waals surface area contributed by atoms with Crippen molar-refractivity contribution in [1.29, 1.82) is 0 Å². The van der Waals surface area contributed by atoms with Crippen LogP contribution in [-0.4, -0.2) is 31.1 Å². The summed E-state index contributed by atoms with van der Waals surface area (Å²) in [4.78, 5) is 16.3. The van der Waals surface area contributed by atoms with E-state index >= 15 is 0 Å². The minimum atomic E-state index is -1.11. The van der Waals surface area contributed by atoms with Crippen LogP contribution in [0.5, 0.6) is 0 Å². The van der Waals surface area contributed by atoms with Crippen molar-refractivity contribution in [2.75, 3.05) is 11.0 Å². The fourth-order valence-corrected chi connectivity index (χ4v) is 5.28. The number of anilines is 1. The predicted octanol–water partition coefficient (Wildman–Crippen LogP) is 8.17. The van der Waals surface area contributed by atoms with Gasteiger partial charge in [0.1, 0.15) is 16.8 Å². The number of carboxylic acid groups (broad SMARTS) is 1. The molecular weight excluding hydrogens is 578 g/mol. The van der Waals surface area contributed by atoms with E-state index in [4.69, 9.17) is 16.6 Å². The third kappa shape index (κ3) is 9.31. The van der Waals surface area contributed by atoms with Gasteiger partial charge in [0.25, 0.3) is 0 Å². The molecule has 0 bridgehead atoms. The number of unbranched alkanes of at least 4 members (excludes halogenated alkanes) is 1. The smallest absolute Gasteiger partial charge is 0.335 e. The molecule has 1 heterocycles. The number of nitrogens with one attached hydrogen (secondary N) is 1. The molecule has 0 saturated heterocycles. The van der Waals surface area contributed by atoms with E-state index in [0.29, 0.717) is 18.0 Å². The van der Waals surface area contributed by atoms with Gasteiger partial charge in [-0.1, -0.05) is 85.6 Å². The van der Waals surface area contributed by atoms with Gasteiger partial charge >= 0.3 is 5.97 Å². The van der Waals surface area contributed by atoms with Crippen molar-refractivity contribution in [3.8, 4) is 24.0 Å². The molecule has 1 aromatic heterocycles. The lowest BCUT2D eigenvalue weighted by atomic mass is 10.0. The van der Waals surface area contributed by atoms with Crippen LogP contribution in [0.4, 0.5) is 5.69 Å². The number of carboxylic acids is 1. The minimum Gasteiger partial charge on any atom is -0.478 e. The van der Waals surface area contributed by atoms with Gasteiger partial charge in [-0.25, -0.2) is 14.0 Å². The number of halogens is 1. The molecule has 0 radical (unpaired) electrons. The SMILES string of the molecule is C#C.C/C=C(\C(Cl)=C/CCC)c1cn(Cc2ccc(C(=O)O)cc2)c(Cc2ccc(-c3ccc(NS(C)=O)cc3)cc2)n1. The summed E-state index contributed by atoms with van der Waals surface area (Å²) in [6.07, 6.45) is 18.2. The molecular formula is C35H36ClN3O3S. The van der Waals surface area contributed by atoms with Crippen LogP contribution in [0.15, 0.2) is 96.2 Å². The van der Waals surface area contributed by atoms with Crippen LogP contribution >= 0.6 is 11.6 Å². The fourth-order valence-electron chi connectivity index (χ4n) is 4.49. The molecule has 1 unspecified atom stereocenters. The number of rotatable bonds is 12. The summed E-state index contributed by atoms with van der Waals surface area (Å²) in [5.74, 6) is -0.0563. The Balaban J connectivity index is 0.00000248. The highest BCUT2D eigenvalue weighted by molar-refractivity contribution is 7.85. The number of terminal acetylenes is 1. The normalized spacial score (nSPS) is 12.2. The third-order valence-electron chi connectivity index (χ3n) is 6.64. The Morgan fingerprint density at radius 2 is 1.58 bits per heavy atom. The second kappa shape index (κ2) is 16.3. The van der Waals surface area contributed by atoms with Gasteiger partial charge in [0, 0.05) is 41.7 Å². The van der Waals surface area contributed by atoms with Crippen LogP contribution in [0.2, 0.25) is 0 Å². The van der Waals surface area contributed by atoms with E-state index in [2.05, 4.69) is 53.3 Å². The van der Waals surface area contributed by atoms with Crippen LogP contribution in [0.1, 0.15) is 59.7 Å². The zero-order valence-corrected chi connectivity index (χ0v) is 26.2. The fraction of sp³-hybridized carbons (Fsp3) is 0.200. The molecule has 0 fully saturated rings. The molecule has 0 amide bonds. The van der Waals surface area contributed by atoms with Crippen LogP contribution in [0.25, 0.3) is 16.7 Å². The highest BCUT2D eigenvalue weighted by atomic mass is 35.5. The van der Waals surface area contributed by atoms with E-state index in [-0.39, 0.29) is 5.56 Å². The molecule has 0 spiro atoms. The molecule has 2 N–H and O–H groups in total. The van der Waals surface area contributed by atoms with Crippen molar-refractivity contribution in [3.63, 3.8) is 0 Å². The summed E-state index contributed by atoms with van der Waals surface area (Å²) in [5, 5.41) is 9.95. The highest BCUT2D eigenvalue weighted by Gasteiger charge is 2.15. The first kappa shape index (κ1) is 33.1. The Labute approximate surface area is 261 Å². The van der Waals surface area contributed by atoms with E-state index in [1.165, 1.54) is 0 Å². The number of carbonyl (C=O) groups is 1. The Bertz CT molecular complexity index is 1620. The largest absolute Gasteiger partial charge is 0.478 e. The number of nitrogens with zero attached hydrogens (tertiary/aromatic N) is 2. The maximum atomic E-state index is 11.4. The van der Waals surface area contributed by atoms with Crippen molar-refractivity contribution in [1.82, 2.24) is 9.55 Å². The van der Waals surface area contributed by atoms with Gasteiger partial charge in [-0.3, -0.25) is 0 Å². The Morgan fingerprint density at radius 1 is 1.00 bits per heavy atom. The maximum absolute atomic E-state index is 11.4. The third-order valence-corrected chi connectivity index (χ3v) is 7.52. The minimum absolute atomic E-state index is 0.260. The van der Waals surface area contributed by atoms with Gasteiger partial charge in [0.2, 0.25) is 0 Å². The average molecular weight is 614 g/mol. The molecule has 222 valence electrons. The highest BCUT2D eigenvalue weighted by Crippen LogP contribution is 2.28. The molecule has 1 atom stereocenters. The Kier molecular flexibility index (Phi) is 12.6. The quantitative estimate of drug-likeness (QED) is 0.125. The van der Waals surface area contributed by atoms with E-state index in [9.17, 15) is 14.1 Å². The van der Waals surface area contributed by atoms with Gasteiger partial charge in [-0.2, -0.15) is 0 Å². The van der Waals surface area contributed by atoms with Crippen LogP contribution in [0.3, 0.4) is 0 Å². The molecule has 6 nitrogen and oxygen atoms in total. The first-order chi connectivity index (χ1) is 20.8. The monoisotopic (exact) mass is 613 g/mol. The number of benzene rings is 3. The van der Waals surface area contributed by atoms with Crippen LogP contribution in [-0.2, 0) is 24.0 Å². The topological polar surface area (TPSA) is 84.2 Å². The lowest BCUT2D eigenvalue weighted by molar-refractivity contribution is 0.0697. The standard InChI is InChI=1S/C33H34ClN3O3S.C2H2/c1-4-6-7-30(34)29(5-2)31-22-37(21-24-10-14-27(15-11-24)33(38)39)32(35-31)20-23-8-12-25(13-9-23)26-16-18-28(19-17-26)36-41(3)40;1-2/h5,7-19,22,36H,4,6,20-21H2,1-3H3,(H,38,39);1-2H/b29-5+,30-7+;. The summed E-state index contributed by atoms with van der Waals surface area (Å²) in [7, 11) is -1.11. The van der Waals surface area contributed by atoms with Crippen molar-refractivity contribution >= 4 is 39.8 Å². The van der Waals surface area contributed by atoms with E-state index < -0.39 is 17.0 Å². The summed E-state index contributed by atoms with van der Waals surface area (Å²) in [5.41, 5.74) is 7.03. The number of aromatic nitrogens is 2. The molecule has 0 aliphatic rings. The Hall–Kier alpha value is -4.38. The number of hydrogen-bond donors (Lipinski definition) is 2. The average Bonchev–Trinajstić information content (AvgIpc) is 3.39. The first-order valence-corrected chi connectivity index (χ1v) is 15.7. The van der Waals surface area contributed by atoms with E-state index in [1.54, 1.807) is 18.4 Å². The van der Waals surface area contributed by atoms with Crippen molar-refractivity contribution in [2.24, 2.45) is 0 Å². The van der Waals surface area contributed by atoms with Crippen molar-refractivity contribution < 1.29 is 14.1 Å². The first-order valence-electron chi connectivity index (χ1n) is 13.8. The van der Waals surface area contributed by atoms with Crippen molar-refractivity contribution in [2.45, 2.75) is 39.7 Å². The summed E-state index contributed by atoms with van der Waals surface area (Å²) in [6.45, 7) is 4.63. The van der Waals surface area contributed by atoms with Gasteiger partial charge in [0.15, 0.2) is 0 Å². The predicted molar refractivity (Wildman–Crippen MR) is 179 cm³/mol. The van der Waals surface area contributed by atoms with Crippen LogP contribution in [0, 0.1) is 12.8 Å². The molecule has 3 aromatic carbocycles. The number of aromatic carboxylic acids is 1. The number of hydrogen-bond acceptors (Lipinski definition) is 3. The Morgan fingerprint density at radius 3 is 2.12 bits per heavy atom. The second-order valence-corrected chi connectivity index (χ2v) is 11.2. The lowest BCUT2D eigenvalue weighted by Crippen LogP contribution is -2.05. The molecule has 43 heavy (non-hydrogen) atoms.